The van der Waals surface area contributed by atoms with Crippen LogP contribution in [-0.2, 0) is 10.0 Å². The number of hydrazine groups is 1. The van der Waals surface area contributed by atoms with Gasteiger partial charge in [0.15, 0.2) is 5.69 Å². The van der Waals surface area contributed by atoms with Crippen molar-refractivity contribution in [3.8, 4) is 10.6 Å². The summed E-state index contributed by atoms with van der Waals surface area (Å²) in [5, 5.41) is 10.3. The van der Waals surface area contributed by atoms with E-state index < -0.39 is 21.8 Å². The summed E-state index contributed by atoms with van der Waals surface area (Å²) in [7, 11) is -3.83. The van der Waals surface area contributed by atoms with Gasteiger partial charge in [0, 0.05) is 0 Å². The van der Waals surface area contributed by atoms with Gasteiger partial charge >= 0.3 is 0 Å². The molecule has 158 valence electrons. The molecule has 0 atom stereocenters. The Balaban J connectivity index is 1.44. The molecule has 0 saturated heterocycles. The minimum absolute atomic E-state index is 0.0456. The van der Waals surface area contributed by atoms with E-state index in [9.17, 15) is 18.0 Å². The summed E-state index contributed by atoms with van der Waals surface area (Å²) >= 11 is 2.55. The van der Waals surface area contributed by atoms with Crippen molar-refractivity contribution in [3.63, 3.8) is 0 Å². The molecule has 0 spiro atoms. The lowest BCUT2D eigenvalue weighted by Crippen LogP contribution is -2.42. The van der Waals surface area contributed by atoms with Gasteiger partial charge in [-0.3, -0.25) is 30.3 Å². The maximum atomic E-state index is 12.6. The first-order chi connectivity index (χ1) is 14.9. The Morgan fingerprint density at radius 2 is 1.65 bits per heavy atom. The Labute approximate surface area is 185 Å². The molecule has 0 fully saturated rings. The largest absolute Gasteiger partial charge is 0.290 e. The molecule has 12 heteroatoms. The average molecular weight is 474 g/mol. The average Bonchev–Trinajstić information content (AvgIpc) is 3.53. The number of hydrogen-bond donors (Lipinski definition) is 4. The van der Waals surface area contributed by atoms with E-state index >= 15 is 0 Å². The Morgan fingerprint density at radius 3 is 2.39 bits per heavy atom. The van der Waals surface area contributed by atoms with Crippen LogP contribution in [0.5, 0.6) is 0 Å². The number of aromatic amines is 1. The summed E-state index contributed by atoms with van der Waals surface area (Å²) < 4.78 is 27.5. The van der Waals surface area contributed by atoms with Crippen LogP contribution in [0.4, 0.5) is 5.69 Å². The number of H-pyrrole nitrogens is 1. The first-order valence-electron chi connectivity index (χ1n) is 8.79. The van der Waals surface area contributed by atoms with Crippen molar-refractivity contribution in [3.05, 3.63) is 76.6 Å². The molecule has 4 N–H and O–H groups in total. The molecular formula is C19H15N5O4S3. The van der Waals surface area contributed by atoms with Crippen LogP contribution in [0.15, 0.2) is 69.6 Å². The third-order valence-electron chi connectivity index (χ3n) is 4.06. The number of hydrogen-bond acceptors (Lipinski definition) is 7. The van der Waals surface area contributed by atoms with E-state index in [1.165, 1.54) is 29.5 Å². The van der Waals surface area contributed by atoms with E-state index in [0.29, 0.717) is 5.69 Å². The zero-order valence-corrected chi connectivity index (χ0v) is 18.1. The van der Waals surface area contributed by atoms with Gasteiger partial charge in [-0.15, -0.1) is 22.7 Å². The molecule has 1 aromatic carbocycles. The quantitative estimate of drug-likeness (QED) is 0.320. The van der Waals surface area contributed by atoms with Crippen molar-refractivity contribution in [1.29, 1.82) is 0 Å². The van der Waals surface area contributed by atoms with Crippen LogP contribution in [0.3, 0.4) is 0 Å². The zero-order chi connectivity index (χ0) is 21.8. The molecule has 9 nitrogen and oxygen atoms in total. The number of aromatic nitrogens is 2. The van der Waals surface area contributed by atoms with Crippen LogP contribution in [0.1, 0.15) is 20.8 Å². The number of nitrogens with one attached hydrogen (secondary N) is 4. The molecule has 0 aliphatic heterocycles. The van der Waals surface area contributed by atoms with Gasteiger partial charge < -0.3 is 0 Å². The van der Waals surface area contributed by atoms with Gasteiger partial charge in [0.25, 0.3) is 21.8 Å². The van der Waals surface area contributed by atoms with Gasteiger partial charge in [-0.1, -0.05) is 24.3 Å². The van der Waals surface area contributed by atoms with Gasteiger partial charge in [-0.05, 0) is 41.1 Å². The van der Waals surface area contributed by atoms with Gasteiger partial charge in [-0.25, -0.2) is 8.42 Å². The summed E-state index contributed by atoms with van der Waals surface area (Å²) in [6.45, 7) is 0. The summed E-state index contributed by atoms with van der Waals surface area (Å²) in [5.41, 5.74) is 5.47. The molecule has 3 heterocycles. The predicted octanol–water partition coefficient (Wildman–Crippen LogP) is 3.08. The second kappa shape index (κ2) is 8.71. The second-order valence-electron chi connectivity index (χ2n) is 6.14. The number of carbonyl (C=O) groups excluding carboxylic acids is 2. The molecule has 2 amide bonds. The molecule has 4 aromatic rings. The fourth-order valence-electron chi connectivity index (χ4n) is 2.62. The monoisotopic (exact) mass is 473 g/mol. The first kappa shape index (κ1) is 20.8. The Kier molecular flexibility index (Phi) is 5.84. The van der Waals surface area contributed by atoms with Gasteiger partial charge in [0.05, 0.1) is 21.8 Å². The number of rotatable bonds is 6. The van der Waals surface area contributed by atoms with Gasteiger partial charge in [0.1, 0.15) is 4.21 Å². The van der Waals surface area contributed by atoms with Crippen molar-refractivity contribution >= 4 is 50.2 Å². The summed E-state index contributed by atoms with van der Waals surface area (Å²) in [4.78, 5) is 25.8. The van der Waals surface area contributed by atoms with Crippen molar-refractivity contribution < 1.29 is 18.0 Å². The number of para-hydroxylation sites is 1. The van der Waals surface area contributed by atoms with Crippen LogP contribution < -0.4 is 15.6 Å². The highest BCUT2D eigenvalue weighted by atomic mass is 32.2. The molecule has 0 bridgehead atoms. The van der Waals surface area contributed by atoms with Gasteiger partial charge in [0.2, 0.25) is 0 Å². The first-order valence-corrected chi connectivity index (χ1v) is 12.0. The van der Waals surface area contributed by atoms with Crippen LogP contribution in [-0.4, -0.2) is 30.4 Å². The normalized spacial score (nSPS) is 11.1. The Bertz CT molecular complexity index is 1310. The number of thiophene rings is 2. The molecular weight excluding hydrogens is 458 g/mol. The number of amides is 2. The summed E-state index contributed by atoms with van der Waals surface area (Å²) in [6.07, 6.45) is 0. The minimum atomic E-state index is -3.83. The lowest BCUT2D eigenvalue weighted by atomic mass is 10.2. The molecule has 3 aromatic heterocycles. The number of carbonyl (C=O) groups is 2. The lowest BCUT2D eigenvalue weighted by Gasteiger charge is -2.12. The molecule has 0 radical (unpaired) electrons. The fourth-order valence-corrected chi connectivity index (χ4v) is 5.39. The number of benzene rings is 1. The highest BCUT2D eigenvalue weighted by Gasteiger charge is 2.20. The van der Waals surface area contributed by atoms with Crippen LogP contribution in [0.2, 0.25) is 0 Å². The Hall–Kier alpha value is -3.48. The molecule has 0 saturated carbocycles. The van der Waals surface area contributed by atoms with Crippen molar-refractivity contribution in [2.75, 3.05) is 4.72 Å². The maximum Gasteiger partial charge on any atom is 0.290 e. The second-order valence-corrected chi connectivity index (χ2v) is 9.94. The van der Waals surface area contributed by atoms with E-state index in [0.717, 1.165) is 16.2 Å². The molecule has 4 rings (SSSR count). The Morgan fingerprint density at radius 1 is 0.903 bits per heavy atom. The molecule has 0 aliphatic rings. The highest BCUT2D eigenvalue weighted by Crippen LogP contribution is 2.24. The van der Waals surface area contributed by atoms with E-state index in [2.05, 4.69) is 25.8 Å². The van der Waals surface area contributed by atoms with Gasteiger partial charge in [-0.2, -0.15) is 5.10 Å². The molecule has 0 aliphatic carbocycles. The SMILES string of the molecule is O=C(NNC(=O)c1ccccc1NS(=O)(=O)c1cccs1)c1cc(-c2cccs2)[nH]n1. The third kappa shape index (κ3) is 4.66. The van der Waals surface area contributed by atoms with E-state index in [-0.39, 0.29) is 21.2 Å². The molecule has 31 heavy (non-hydrogen) atoms. The zero-order valence-electron chi connectivity index (χ0n) is 15.7. The van der Waals surface area contributed by atoms with Crippen molar-refractivity contribution in [2.24, 2.45) is 0 Å². The summed E-state index contributed by atoms with van der Waals surface area (Å²) in [5.74, 6) is -1.31. The number of nitrogens with zero attached hydrogens (tertiary/aromatic N) is 1. The highest BCUT2D eigenvalue weighted by molar-refractivity contribution is 7.94. The minimum Gasteiger partial charge on any atom is -0.278 e. The van der Waals surface area contributed by atoms with Crippen molar-refractivity contribution in [1.82, 2.24) is 21.0 Å². The standard InChI is InChI=1S/C19H15N5O4S3/c25-18(22-23-19(26)15-11-14(20-21-15)16-7-3-9-29-16)12-5-1-2-6-13(12)24-31(27,28)17-8-4-10-30-17/h1-11,24H,(H,20,21)(H,22,25)(H,23,26). The van der Waals surface area contributed by atoms with E-state index in [1.54, 1.807) is 29.6 Å². The third-order valence-corrected chi connectivity index (χ3v) is 7.73. The topological polar surface area (TPSA) is 133 Å². The van der Waals surface area contributed by atoms with Crippen LogP contribution in [0.25, 0.3) is 10.6 Å². The summed E-state index contributed by atoms with van der Waals surface area (Å²) in [6, 6.07) is 14.5. The van der Waals surface area contributed by atoms with Crippen LogP contribution in [0, 0.1) is 0 Å². The molecule has 0 unspecified atom stereocenters. The fraction of sp³-hybridized carbons (Fsp3) is 0. The smallest absolute Gasteiger partial charge is 0.278 e. The maximum absolute atomic E-state index is 12.6. The lowest BCUT2D eigenvalue weighted by molar-refractivity contribution is 0.0844. The van der Waals surface area contributed by atoms with Crippen molar-refractivity contribution in [2.45, 2.75) is 4.21 Å². The van der Waals surface area contributed by atoms with E-state index in [1.807, 2.05) is 17.5 Å². The van der Waals surface area contributed by atoms with Crippen LogP contribution >= 0.6 is 22.7 Å². The number of sulfonamides is 1. The predicted molar refractivity (Wildman–Crippen MR) is 118 cm³/mol. The van der Waals surface area contributed by atoms with E-state index in [4.69, 9.17) is 0 Å². The number of anilines is 1.